The Morgan fingerprint density at radius 2 is 1.63 bits per heavy atom. The van der Waals surface area contributed by atoms with Crippen molar-refractivity contribution in [3.05, 3.63) is 90.0 Å². The molecule has 0 saturated heterocycles. The fourth-order valence-electron chi connectivity index (χ4n) is 2.43. The van der Waals surface area contributed by atoms with Crippen LogP contribution in [0.3, 0.4) is 0 Å². The third-order valence-electron chi connectivity index (χ3n) is 3.81. The van der Waals surface area contributed by atoms with E-state index >= 15 is 0 Å². The van der Waals surface area contributed by atoms with Crippen molar-refractivity contribution in [3.63, 3.8) is 0 Å². The van der Waals surface area contributed by atoms with Crippen LogP contribution in [0.5, 0.6) is 11.5 Å². The van der Waals surface area contributed by atoms with Crippen molar-refractivity contribution in [2.45, 2.75) is 14.0 Å². The van der Waals surface area contributed by atoms with Crippen molar-refractivity contribution in [3.8, 4) is 11.5 Å². The van der Waals surface area contributed by atoms with Crippen LogP contribution in [0, 0.1) is 0 Å². The molecule has 3 N–H and O–H groups in total. The smallest absolute Gasteiger partial charge is 0.457 e. The number of hydrogen-bond acceptors (Lipinski definition) is 4. The molecule has 27 heavy (non-hydrogen) atoms. The average Bonchev–Trinajstić information content (AvgIpc) is 2.67. The van der Waals surface area contributed by atoms with E-state index < -0.39 is 7.12 Å². The molecule has 0 fully saturated rings. The van der Waals surface area contributed by atoms with E-state index in [1.807, 2.05) is 30.3 Å². The van der Waals surface area contributed by atoms with Gasteiger partial charge in [-0.1, -0.05) is 56.0 Å². The number of ether oxygens (including phenoxy) is 1. The number of benzene rings is 3. The summed E-state index contributed by atoms with van der Waals surface area (Å²) in [5.74, 6) is 0.879. The highest BCUT2D eigenvalue weighted by Gasteiger charge is 2.11. The van der Waals surface area contributed by atoms with E-state index in [1.165, 1.54) is 0 Å². The van der Waals surface area contributed by atoms with Crippen LogP contribution in [-0.2, 0) is 6.54 Å². The van der Waals surface area contributed by atoms with Crippen molar-refractivity contribution in [1.29, 1.82) is 0 Å². The summed E-state index contributed by atoms with van der Waals surface area (Å²) in [6.07, 6.45) is 0. The predicted octanol–water partition coefficient (Wildman–Crippen LogP) is 2.97. The Morgan fingerprint density at radius 1 is 0.926 bits per heavy atom. The predicted molar refractivity (Wildman–Crippen MR) is 109 cm³/mol. The van der Waals surface area contributed by atoms with Gasteiger partial charge in [-0.3, -0.25) is 4.79 Å². The average molecular weight is 365 g/mol. The Morgan fingerprint density at radius 3 is 2.30 bits per heavy atom. The first-order valence-corrected chi connectivity index (χ1v) is 8.18. The van der Waals surface area contributed by atoms with Gasteiger partial charge >= 0.3 is 7.12 Å². The Kier molecular flexibility index (Phi) is 7.17. The molecule has 0 unspecified atom stereocenters. The summed E-state index contributed by atoms with van der Waals surface area (Å²) < 4.78 is 5.72. The van der Waals surface area contributed by atoms with E-state index in [1.54, 1.807) is 48.5 Å². The minimum atomic E-state index is -1.51. The molecule has 0 aliphatic rings. The van der Waals surface area contributed by atoms with Crippen LogP contribution >= 0.6 is 0 Å². The molecular weight excluding hydrogens is 341 g/mol. The van der Waals surface area contributed by atoms with Crippen LogP contribution in [0.2, 0.25) is 0 Å². The molecule has 0 aliphatic carbocycles. The van der Waals surface area contributed by atoms with Crippen LogP contribution in [0.1, 0.15) is 24.8 Å². The largest absolute Gasteiger partial charge is 0.488 e. The minimum absolute atomic E-state index is 0. The normalized spacial score (nSPS) is 9.85. The molecule has 6 heteroatoms. The summed E-state index contributed by atoms with van der Waals surface area (Å²) in [6, 6.07) is 23.0. The van der Waals surface area contributed by atoms with Gasteiger partial charge < -0.3 is 20.1 Å². The maximum atomic E-state index is 12.3. The summed E-state index contributed by atoms with van der Waals surface area (Å²) >= 11 is 0. The molecule has 0 saturated carbocycles. The summed E-state index contributed by atoms with van der Waals surface area (Å²) in [4.78, 5) is 12.3. The van der Waals surface area contributed by atoms with Gasteiger partial charge in [0, 0.05) is 13.5 Å². The fraction of sp³-hybridized carbons (Fsp3) is 0.0952. The van der Waals surface area contributed by atoms with Gasteiger partial charge in [0.1, 0.15) is 11.5 Å². The molecule has 3 rings (SSSR count). The van der Waals surface area contributed by atoms with Gasteiger partial charge in [0.25, 0.3) is 5.91 Å². The highest BCUT2D eigenvalue weighted by Crippen LogP contribution is 2.21. The van der Waals surface area contributed by atoms with Crippen LogP contribution in [-0.4, -0.2) is 23.1 Å². The molecular formula is C21H24BNO4. The first-order valence-electron chi connectivity index (χ1n) is 8.18. The molecule has 0 atom stereocenters. The highest BCUT2D eigenvalue weighted by molar-refractivity contribution is 6.58. The molecule has 0 aromatic heterocycles. The van der Waals surface area contributed by atoms with E-state index in [-0.39, 0.29) is 14.8 Å². The topological polar surface area (TPSA) is 78.8 Å². The maximum absolute atomic E-state index is 12.3. The second kappa shape index (κ2) is 9.57. The molecule has 1 amide bonds. The maximum Gasteiger partial charge on any atom is 0.488 e. The molecule has 140 valence electrons. The first-order chi connectivity index (χ1) is 12.6. The van der Waals surface area contributed by atoms with Crippen LogP contribution in [0.15, 0.2) is 78.9 Å². The van der Waals surface area contributed by atoms with E-state index in [2.05, 4.69) is 5.32 Å². The van der Waals surface area contributed by atoms with Crippen molar-refractivity contribution < 1.29 is 21.0 Å². The zero-order valence-electron chi connectivity index (χ0n) is 14.0. The van der Waals surface area contributed by atoms with Gasteiger partial charge in [-0.25, -0.2) is 0 Å². The van der Waals surface area contributed by atoms with Gasteiger partial charge in [0.05, 0.1) is 0 Å². The van der Waals surface area contributed by atoms with Crippen molar-refractivity contribution >= 4 is 18.5 Å². The summed E-state index contributed by atoms with van der Waals surface area (Å²) in [6.45, 7) is 0.454. The molecule has 0 heterocycles. The SMILES string of the molecule is C.O=C(NCc1ccccc1)c1cccc(Oc2ccc(B(O)O)cc2)c1.[HH]. The third-order valence-corrected chi connectivity index (χ3v) is 3.81. The zero-order valence-corrected chi connectivity index (χ0v) is 14.0. The third kappa shape index (κ3) is 5.71. The van der Waals surface area contributed by atoms with Gasteiger partial charge in [-0.15, -0.1) is 0 Å². The van der Waals surface area contributed by atoms with Crippen molar-refractivity contribution in [1.82, 2.24) is 5.32 Å². The number of rotatable bonds is 6. The summed E-state index contributed by atoms with van der Waals surface area (Å²) in [7, 11) is -1.51. The summed E-state index contributed by atoms with van der Waals surface area (Å²) in [5.41, 5.74) is 1.91. The number of carbonyl (C=O) groups is 1. The van der Waals surface area contributed by atoms with Gasteiger partial charge in [0.15, 0.2) is 0 Å². The number of nitrogens with one attached hydrogen (secondary N) is 1. The fourth-order valence-corrected chi connectivity index (χ4v) is 2.43. The van der Waals surface area contributed by atoms with Crippen LogP contribution in [0.4, 0.5) is 0 Å². The van der Waals surface area contributed by atoms with Gasteiger partial charge in [0.2, 0.25) is 0 Å². The van der Waals surface area contributed by atoms with E-state index in [9.17, 15) is 4.79 Å². The summed E-state index contributed by atoms with van der Waals surface area (Å²) in [5, 5.41) is 21.1. The Bertz CT molecular complexity index is 873. The lowest BCUT2D eigenvalue weighted by molar-refractivity contribution is 0.0950. The Labute approximate surface area is 160 Å². The van der Waals surface area contributed by atoms with Crippen molar-refractivity contribution in [2.75, 3.05) is 0 Å². The molecule has 3 aromatic rings. The lowest BCUT2D eigenvalue weighted by atomic mass is 9.80. The molecule has 3 aromatic carbocycles. The van der Waals surface area contributed by atoms with Gasteiger partial charge in [-0.05, 0) is 41.4 Å². The monoisotopic (exact) mass is 365 g/mol. The lowest BCUT2D eigenvalue weighted by Crippen LogP contribution is -2.29. The number of amides is 1. The van der Waals surface area contributed by atoms with Crippen LogP contribution in [0.25, 0.3) is 0 Å². The van der Waals surface area contributed by atoms with Crippen molar-refractivity contribution in [2.24, 2.45) is 0 Å². The Hall–Kier alpha value is -3.09. The molecule has 5 nitrogen and oxygen atoms in total. The first kappa shape index (κ1) is 20.2. The highest BCUT2D eigenvalue weighted by atomic mass is 16.5. The molecule has 0 spiro atoms. The lowest BCUT2D eigenvalue weighted by Gasteiger charge is -2.09. The standard InChI is InChI=1S/C20H18BNO4.CH4.H2/c23-20(22-14-15-5-2-1-3-6-15)16-7-4-8-19(13-16)26-18-11-9-17(10-12-18)21(24)25;;/h1-13,24-25H,14H2,(H,22,23);1H4;1H. The molecule has 0 aliphatic heterocycles. The second-order valence-electron chi connectivity index (χ2n) is 5.74. The molecule has 0 radical (unpaired) electrons. The van der Waals surface area contributed by atoms with Gasteiger partial charge in [-0.2, -0.15) is 0 Å². The zero-order chi connectivity index (χ0) is 18.4. The molecule has 0 bridgehead atoms. The Balaban J connectivity index is 0.00000196. The van der Waals surface area contributed by atoms with E-state index in [0.29, 0.717) is 29.1 Å². The van der Waals surface area contributed by atoms with E-state index in [0.717, 1.165) is 5.56 Å². The number of carbonyl (C=O) groups excluding carboxylic acids is 1. The van der Waals surface area contributed by atoms with Crippen LogP contribution < -0.4 is 15.5 Å². The minimum Gasteiger partial charge on any atom is -0.457 e. The second-order valence-corrected chi connectivity index (χ2v) is 5.74. The van der Waals surface area contributed by atoms with E-state index in [4.69, 9.17) is 14.8 Å². The number of hydrogen-bond donors (Lipinski definition) is 3. The quantitative estimate of drug-likeness (QED) is 0.587.